The second-order valence-electron chi connectivity index (χ2n) is 4.35. The van der Waals surface area contributed by atoms with E-state index >= 15 is 0 Å². The average molecular weight is 216 g/mol. The van der Waals surface area contributed by atoms with Gasteiger partial charge in [-0.3, -0.25) is 0 Å². The molecule has 0 bridgehead atoms. The number of rotatable bonds is 1. The Morgan fingerprint density at radius 2 is 2.06 bits per heavy atom. The van der Waals surface area contributed by atoms with Crippen LogP contribution < -0.4 is 4.90 Å². The highest BCUT2D eigenvalue weighted by Gasteiger charge is 2.19. The quantitative estimate of drug-likeness (QED) is 0.779. The van der Waals surface area contributed by atoms with Crippen LogP contribution in [0.5, 0.6) is 0 Å². The predicted molar refractivity (Wildman–Crippen MR) is 63.3 cm³/mol. The van der Waals surface area contributed by atoms with Crippen LogP contribution >= 0.6 is 0 Å². The predicted octanol–water partition coefficient (Wildman–Crippen LogP) is 1.83. The van der Waals surface area contributed by atoms with E-state index in [4.69, 9.17) is 5.26 Å². The molecular formula is C13H16N2O. The van der Waals surface area contributed by atoms with Crippen molar-refractivity contribution in [3.63, 3.8) is 0 Å². The fraction of sp³-hybridized carbons (Fsp3) is 0.462. The molecule has 3 heteroatoms. The molecule has 0 aromatic heterocycles. The summed E-state index contributed by atoms with van der Waals surface area (Å²) in [6.45, 7) is 3.70. The van der Waals surface area contributed by atoms with Crippen molar-refractivity contribution in [3.8, 4) is 6.07 Å². The number of aliphatic hydroxyl groups is 1. The Kier molecular flexibility index (Phi) is 3.12. The largest absolute Gasteiger partial charge is 0.393 e. The molecule has 1 heterocycles. The van der Waals surface area contributed by atoms with Crippen molar-refractivity contribution in [2.75, 3.05) is 18.0 Å². The van der Waals surface area contributed by atoms with Gasteiger partial charge in [0, 0.05) is 13.1 Å². The number of piperidine rings is 1. The first-order chi connectivity index (χ1) is 7.70. The first-order valence-corrected chi connectivity index (χ1v) is 5.64. The normalized spacial score (nSPS) is 17.2. The molecule has 1 aliphatic heterocycles. The van der Waals surface area contributed by atoms with Gasteiger partial charge in [0.25, 0.3) is 0 Å². The van der Waals surface area contributed by atoms with Crippen molar-refractivity contribution >= 4 is 5.69 Å². The molecule has 16 heavy (non-hydrogen) atoms. The lowest BCUT2D eigenvalue weighted by molar-refractivity contribution is 0.145. The summed E-state index contributed by atoms with van der Waals surface area (Å²) in [5.74, 6) is 0. The van der Waals surface area contributed by atoms with Gasteiger partial charge in [0.2, 0.25) is 0 Å². The number of hydrogen-bond acceptors (Lipinski definition) is 3. The SMILES string of the molecule is Cc1ccc(C#N)c(N2CCC(O)CC2)c1. The molecule has 0 unspecified atom stereocenters. The van der Waals surface area contributed by atoms with Crippen LogP contribution in [-0.2, 0) is 0 Å². The third-order valence-corrected chi connectivity index (χ3v) is 3.08. The molecule has 0 radical (unpaired) electrons. The summed E-state index contributed by atoms with van der Waals surface area (Å²) in [5, 5.41) is 18.5. The third kappa shape index (κ3) is 2.17. The zero-order valence-corrected chi connectivity index (χ0v) is 9.48. The molecule has 2 rings (SSSR count). The van der Waals surface area contributed by atoms with Crippen LogP contribution in [0.1, 0.15) is 24.0 Å². The summed E-state index contributed by atoms with van der Waals surface area (Å²) in [6, 6.07) is 8.11. The molecule has 0 atom stereocenters. The zero-order chi connectivity index (χ0) is 11.5. The van der Waals surface area contributed by atoms with Crippen molar-refractivity contribution in [1.82, 2.24) is 0 Å². The van der Waals surface area contributed by atoms with Gasteiger partial charge >= 0.3 is 0 Å². The smallest absolute Gasteiger partial charge is 0.101 e. The molecule has 0 amide bonds. The van der Waals surface area contributed by atoms with Crippen LogP contribution in [0.2, 0.25) is 0 Å². The van der Waals surface area contributed by atoms with E-state index in [9.17, 15) is 5.11 Å². The molecular weight excluding hydrogens is 200 g/mol. The highest BCUT2D eigenvalue weighted by atomic mass is 16.3. The summed E-state index contributed by atoms with van der Waals surface area (Å²) in [6.07, 6.45) is 1.41. The van der Waals surface area contributed by atoms with Gasteiger partial charge in [0.1, 0.15) is 6.07 Å². The minimum absolute atomic E-state index is 0.174. The summed E-state index contributed by atoms with van der Waals surface area (Å²) in [5.41, 5.74) is 2.90. The number of anilines is 1. The maximum Gasteiger partial charge on any atom is 0.101 e. The van der Waals surface area contributed by atoms with E-state index in [1.165, 1.54) is 5.56 Å². The highest BCUT2D eigenvalue weighted by molar-refractivity contribution is 5.60. The molecule has 1 aromatic rings. The topological polar surface area (TPSA) is 47.3 Å². The maximum absolute atomic E-state index is 9.46. The fourth-order valence-electron chi connectivity index (χ4n) is 2.10. The van der Waals surface area contributed by atoms with E-state index in [1.807, 2.05) is 19.1 Å². The molecule has 1 fully saturated rings. The van der Waals surface area contributed by atoms with Crippen molar-refractivity contribution in [1.29, 1.82) is 5.26 Å². The standard InChI is InChI=1S/C13H16N2O/c1-10-2-3-11(9-14)13(8-10)15-6-4-12(16)5-7-15/h2-3,8,12,16H,4-7H2,1H3. The molecule has 0 saturated carbocycles. The van der Waals surface area contributed by atoms with E-state index in [2.05, 4.69) is 17.0 Å². The summed E-state index contributed by atoms with van der Waals surface area (Å²) in [7, 11) is 0. The molecule has 1 N–H and O–H groups in total. The van der Waals surface area contributed by atoms with Gasteiger partial charge in [0.15, 0.2) is 0 Å². The number of nitrogens with zero attached hydrogens (tertiary/aromatic N) is 2. The van der Waals surface area contributed by atoms with Crippen molar-refractivity contribution in [2.45, 2.75) is 25.9 Å². The monoisotopic (exact) mass is 216 g/mol. The van der Waals surface area contributed by atoms with Crippen LogP contribution in [0.25, 0.3) is 0 Å². The molecule has 84 valence electrons. The first-order valence-electron chi connectivity index (χ1n) is 5.64. The molecule has 1 aliphatic rings. The van der Waals surface area contributed by atoms with Crippen LogP contribution in [-0.4, -0.2) is 24.3 Å². The van der Waals surface area contributed by atoms with Gasteiger partial charge in [-0.1, -0.05) is 6.07 Å². The zero-order valence-electron chi connectivity index (χ0n) is 9.48. The third-order valence-electron chi connectivity index (χ3n) is 3.08. The van der Waals surface area contributed by atoms with Gasteiger partial charge in [-0.25, -0.2) is 0 Å². The van der Waals surface area contributed by atoms with Crippen molar-refractivity contribution in [3.05, 3.63) is 29.3 Å². The van der Waals surface area contributed by atoms with Crippen LogP contribution in [0.4, 0.5) is 5.69 Å². The van der Waals surface area contributed by atoms with Crippen LogP contribution in [0.3, 0.4) is 0 Å². The Balaban J connectivity index is 2.26. The lowest BCUT2D eigenvalue weighted by atomic mass is 10.0. The van der Waals surface area contributed by atoms with E-state index in [-0.39, 0.29) is 6.10 Å². The molecule has 3 nitrogen and oxygen atoms in total. The number of nitriles is 1. The Labute approximate surface area is 95.9 Å². The summed E-state index contributed by atoms with van der Waals surface area (Å²) >= 11 is 0. The lowest BCUT2D eigenvalue weighted by Gasteiger charge is -2.32. The molecule has 1 saturated heterocycles. The van der Waals surface area contributed by atoms with Crippen molar-refractivity contribution in [2.24, 2.45) is 0 Å². The number of aliphatic hydroxyl groups excluding tert-OH is 1. The van der Waals surface area contributed by atoms with Gasteiger partial charge in [0.05, 0.1) is 17.4 Å². The Hall–Kier alpha value is -1.53. The van der Waals surface area contributed by atoms with Crippen molar-refractivity contribution < 1.29 is 5.11 Å². The molecule has 0 aliphatic carbocycles. The van der Waals surface area contributed by atoms with E-state index < -0.39 is 0 Å². The second-order valence-corrected chi connectivity index (χ2v) is 4.35. The Morgan fingerprint density at radius 3 is 2.69 bits per heavy atom. The maximum atomic E-state index is 9.46. The molecule has 1 aromatic carbocycles. The van der Waals surface area contributed by atoms with Crippen LogP contribution in [0, 0.1) is 18.3 Å². The fourth-order valence-corrected chi connectivity index (χ4v) is 2.10. The minimum atomic E-state index is -0.174. The van der Waals surface area contributed by atoms with Gasteiger partial charge < -0.3 is 10.0 Å². The van der Waals surface area contributed by atoms with Gasteiger partial charge in [-0.05, 0) is 37.5 Å². The number of aryl methyl sites for hydroxylation is 1. The highest BCUT2D eigenvalue weighted by Crippen LogP contribution is 2.25. The minimum Gasteiger partial charge on any atom is -0.393 e. The summed E-state index contributed by atoms with van der Waals surface area (Å²) < 4.78 is 0. The van der Waals surface area contributed by atoms with E-state index in [0.717, 1.165) is 37.2 Å². The lowest BCUT2D eigenvalue weighted by Crippen LogP contribution is -2.36. The number of benzene rings is 1. The second kappa shape index (κ2) is 4.54. The Morgan fingerprint density at radius 1 is 1.38 bits per heavy atom. The summed E-state index contributed by atoms with van der Waals surface area (Å²) in [4.78, 5) is 2.19. The van der Waals surface area contributed by atoms with E-state index in [1.54, 1.807) is 0 Å². The Bertz CT molecular complexity index is 414. The first kappa shape index (κ1) is 11.0. The van der Waals surface area contributed by atoms with Gasteiger partial charge in [-0.2, -0.15) is 5.26 Å². The average Bonchev–Trinajstić information content (AvgIpc) is 2.30. The van der Waals surface area contributed by atoms with Crippen LogP contribution in [0.15, 0.2) is 18.2 Å². The molecule has 0 spiro atoms. The number of hydrogen-bond donors (Lipinski definition) is 1. The van der Waals surface area contributed by atoms with Gasteiger partial charge in [-0.15, -0.1) is 0 Å². The van der Waals surface area contributed by atoms with E-state index in [0.29, 0.717) is 0 Å².